The molecule has 0 aliphatic heterocycles. The van der Waals surface area contributed by atoms with Crippen LogP contribution in [0, 0.1) is 0 Å². The van der Waals surface area contributed by atoms with E-state index in [4.69, 9.17) is 15.2 Å². The van der Waals surface area contributed by atoms with Gasteiger partial charge >= 0.3 is 5.97 Å². The van der Waals surface area contributed by atoms with E-state index in [0.29, 0.717) is 27.5 Å². The van der Waals surface area contributed by atoms with Gasteiger partial charge in [-0.05, 0) is 31.2 Å². The van der Waals surface area contributed by atoms with Crippen LogP contribution in [0.15, 0.2) is 24.3 Å². The van der Waals surface area contributed by atoms with Gasteiger partial charge in [-0.25, -0.2) is 4.79 Å². The summed E-state index contributed by atoms with van der Waals surface area (Å²) in [6.07, 6.45) is 0. The van der Waals surface area contributed by atoms with Crippen molar-refractivity contribution < 1.29 is 24.0 Å². The van der Waals surface area contributed by atoms with Crippen LogP contribution >= 0.6 is 11.3 Å². The predicted octanol–water partition coefficient (Wildman–Crippen LogP) is 1.09. The number of nitrogens with one attached hydrogen (secondary N) is 2. The molecule has 1 atom stereocenters. The number of carbonyl (C=O) groups excluding carboxylic acids is 2. The van der Waals surface area contributed by atoms with E-state index in [1.807, 2.05) is 31.3 Å². The lowest BCUT2D eigenvalue weighted by Gasteiger charge is -2.16. The topological polar surface area (TPSA) is 95.1 Å². The zero-order valence-corrected chi connectivity index (χ0v) is 16.9. The van der Waals surface area contributed by atoms with Gasteiger partial charge in [0.1, 0.15) is 34.3 Å². The second-order valence-electron chi connectivity index (χ2n) is 6.11. The van der Waals surface area contributed by atoms with Crippen molar-refractivity contribution in [3.8, 4) is 5.75 Å². The Morgan fingerprint density at radius 2 is 1.89 bits per heavy atom. The van der Waals surface area contributed by atoms with Crippen molar-refractivity contribution in [2.45, 2.75) is 20.0 Å². The number of quaternary nitrogens is 1. The lowest BCUT2D eigenvalue weighted by atomic mass is 10.1. The van der Waals surface area contributed by atoms with E-state index >= 15 is 0 Å². The van der Waals surface area contributed by atoms with Crippen molar-refractivity contribution in [1.82, 2.24) is 5.32 Å². The van der Waals surface area contributed by atoms with Gasteiger partial charge in [-0.2, -0.15) is 0 Å². The van der Waals surface area contributed by atoms with E-state index in [-0.39, 0.29) is 12.5 Å². The molecule has 1 amide bonds. The van der Waals surface area contributed by atoms with Crippen LogP contribution < -0.4 is 20.7 Å². The molecule has 0 saturated carbocycles. The number of nitrogens with two attached hydrogens (primary N) is 1. The number of amides is 1. The zero-order valence-electron chi connectivity index (χ0n) is 16.0. The van der Waals surface area contributed by atoms with Gasteiger partial charge in [0.15, 0.2) is 0 Å². The van der Waals surface area contributed by atoms with Gasteiger partial charge in [0.25, 0.3) is 5.91 Å². The Morgan fingerprint density at radius 3 is 2.44 bits per heavy atom. The SMILES string of the molecule is CCOC(=O)c1c(N)sc(C(=O)NC)c1C[NH+](C)Cc1ccc(OC)cc1. The first-order chi connectivity index (χ1) is 12.9. The fourth-order valence-electron chi connectivity index (χ4n) is 2.83. The van der Waals surface area contributed by atoms with E-state index in [1.165, 1.54) is 0 Å². The number of carbonyl (C=O) groups is 2. The molecule has 2 aromatic rings. The van der Waals surface area contributed by atoms with Crippen LogP contribution in [-0.2, 0) is 17.8 Å². The molecule has 0 fully saturated rings. The van der Waals surface area contributed by atoms with Gasteiger partial charge in [0.2, 0.25) is 0 Å². The highest BCUT2D eigenvalue weighted by Crippen LogP contribution is 2.31. The zero-order chi connectivity index (χ0) is 20.0. The molecule has 0 radical (unpaired) electrons. The Labute approximate surface area is 163 Å². The fourth-order valence-corrected chi connectivity index (χ4v) is 3.85. The number of ether oxygens (including phenoxy) is 2. The molecular weight excluding hydrogens is 366 g/mol. The third-order valence-electron chi connectivity index (χ3n) is 4.09. The Hall–Kier alpha value is -2.58. The number of hydrogen-bond acceptors (Lipinski definition) is 6. The fraction of sp³-hybridized carbons (Fsp3) is 0.368. The molecule has 0 bridgehead atoms. The summed E-state index contributed by atoms with van der Waals surface area (Å²) in [5.41, 5.74) is 8.09. The molecule has 7 nitrogen and oxygen atoms in total. The number of nitrogen functional groups attached to an aromatic ring is 1. The minimum Gasteiger partial charge on any atom is -0.497 e. The average molecular weight is 393 g/mol. The molecule has 4 N–H and O–H groups in total. The van der Waals surface area contributed by atoms with Crippen molar-refractivity contribution in [2.24, 2.45) is 0 Å². The highest BCUT2D eigenvalue weighted by atomic mass is 32.1. The van der Waals surface area contributed by atoms with Crippen molar-refractivity contribution in [3.05, 3.63) is 45.8 Å². The minimum absolute atomic E-state index is 0.247. The summed E-state index contributed by atoms with van der Waals surface area (Å²) in [5, 5.41) is 2.91. The van der Waals surface area contributed by atoms with Crippen LogP contribution in [0.4, 0.5) is 5.00 Å². The summed E-state index contributed by atoms with van der Waals surface area (Å²) in [5.74, 6) is 0.0525. The second-order valence-corrected chi connectivity index (χ2v) is 7.16. The van der Waals surface area contributed by atoms with Gasteiger partial charge in [-0.1, -0.05) is 0 Å². The lowest BCUT2D eigenvalue weighted by molar-refractivity contribution is -0.907. The number of thiophene rings is 1. The van der Waals surface area contributed by atoms with E-state index in [0.717, 1.165) is 34.1 Å². The van der Waals surface area contributed by atoms with Gasteiger partial charge in [0, 0.05) is 18.2 Å². The van der Waals surface area contributed by atoms with E-state index in [1.54, 1.807) is 21.1 Å². The van der Waals surface area contributed by atoms with Crippen molar-refractivity contribution >= 4 is 28.2 Å². The van der Waals surface area contributed by atoms with E-state index < -0.39 is 5.97 Å². The van der Waals surface area contributed by atoms with Gasteiger partial charge in [0.05, 0.1) is 20.8 Å². The average Bonchev–Trinajstić information content (AvgIpc) is 2.97. The van der Waals surface area contributed by atoms with Crippen molar-refractivity contribution in [2.75, 3.05) is 33.5 Å². The Balaban J connectivity index is 2.28. The summed E-state index contributed by atoms with van der Waals surface area (Å²) >= 11 is 1.12. The number of methoxy groups -OCH3 is 1. The molecule has 1 aromatic heterocycles. The maximum absolute atomic E-state index is 12.4. The lowest BCUT2D eigenvalue weighted by Crippen LogP contribution is -3.06. The van der Waals surface area contributed by atoms with Crippen LogP contribution in [0.25, 0.3) is 0 Å². The Morgan fingerprint density at radius 1 is 1.22 bits per heavy atom. The molecule has 146 valence electrons. The molecule has 0 saturated heterocycles. The first-order valence-electron chi connectivity index (χ1n) is 8.65. The predicted molar refractivity (Wildman–Crippen MR) is 105 cm³/mol. The van der Waals surface area contributed by atoms with Crippen LogP contribution in [0.3, 0.4) is 0 Å². The summed E-state index contributed by atoms with van der Waals surface area (Å²) in [6.45, 7) is 3.17. The molecule has 27 heavy (non-hydrogen) atoms. The number of esters is 1. The molecule has 8 heteroatoms. The maximum Gasteiger partial charge on any atom is 0.341 e. The van der Waals surface area contributed by atoms with Gasteiger partial charge < -0.3 is 25.4 Å². The van der Waals surface area contributed by atoms with Gasteiger partial charge in [-0.3, -0.25) is 4.79 Å². The van der Waals surface area contributed by atoms with E-state index in [2.05, 4.69) is 5.32 Å². The van der Waals surface area contributed by atoms with Gasteiger partial charge in [-0.15, -0.1) is 11.3 Å². The highest BCUT2D eigenvalue weighted by molar-refractivity contribution is 7.18. The maximum atomic E-state index is 12.4. The number of benzene rings is 1. The number of rotatable bonds is 8. The molecule has 0 aliphatic rings. The van der Waals surface area contributed by atoms with Crippen LogP contribution in [0.1, 0.15) is 38.1 Å². The molecule has 1 aromatic carbocycles. The molecule has 0 aliphatic carbocycles. The normalized spacial score (nSPS) is 11.7. The molecular formula is C19H26N3O4S+. The second kappa shape index (κ2) is 9.38. The monoisotopic (exact) mass is 392 g/mol. The third kappa shape index (κ3) is 4.99. The molecule has 2 rings (SSSR count). The van der Waals surface area contributed by atoms with Crippen LogP contribution in [0.5, 0.6) is 5.75 Å². The molecule has 1 heterocycles. The van der Waals surface area contributed by atoms with Crippen molar-refractivity contribution in [3.63, 3.8) is 0 Å². The Bertz CT molecular complexity index is 802. The largest absolute Gasteiger partial charge is 0.497 e. The third-order valence-corrected chi connectivity index (χ3v) is 5.15. The van der Waals surface area contributed by atoms with Crippen LogP contribution in [-0.4, -0.2) is 39.7 Å². The first-order valence-corrected chi connectivity index (χ1v) is 9.47. The number of anilines is 1. The summed E-state index contributed by atoms with van der Waals surface area (Å²) < 4.78 is 10.3. The summed E-state index contributed by atoms with van der Waals surface area (Å²) in [7, 11) is 5.19. The summed E-state index contributed by atoms with van der Waals surface area (Å²) in [4.78, 5) is 26.2. The molecule has 0 spiro atoms. The smallest absolute Gasteiger partial charge is 0.341 e. The quantitative estimate of drug-likeness (QED) is 0.585. The first kappa shape index (κ1) is 20.7. The van der Waals surface area contributed by atoms with Crippen molar-refractivity contribution in [1.29, 1.82) is 0 Å². The minimum atomic E-state index is -0.492. The summed E-state index contributed by atoms with van der Waals surface area (Å²) in [6, 6.07) is 7.81. The molecule has 1 unspecified atom stereocenters. The van der Waals surface area contributed by atoms with E-state index in [9.17, 15) is 9.59 Å². The van der Waals surface area contributed by atoms with Crippen LogP contribution in [0.2, 0.25) is 0 Å². The Kier molecular flexibility index (Phi) is 7.20. The highest BCUT2D eigenvalue weighted by Gasteiger charge is 2.28. The number of hydrogen-bond donors (Lipinski definition) is 3. The standard InChI is InChI=1S/C19H25N3O4S/c1-5-26-19(24)15-14(16(18(23)21-2)27-17(15)20)11-22(3)10-12-6-8-13(25-4)9-7-12/h6-9H,5,10-11,20H2,1-4H3,(H,21,23)/p+1.